The second-order valence-electron chi connectivity index (χ2n) is 4.68. The van der Waals surface area contributed by atoms with Crippen molar-refractivity contribution in [2.75, 3.05) is 6.54 Å². The molecular weight excluding hydrogens is 228 g/mol. The molecule has 18 heavy (non-hydrogen) atoms. The molecule has 0 spiro atoms. The number of aliphatic hydroxyl groups is 1. The monoisotopic (exact) mass is 250 g/mol. The van der Waals surface area contributed by atoms with E-state index >= 15 is 0 Å². The van der Waals surface area contributed by atoms with Crippen molar-refractivity contribution in [1.29, 1.82) is 0 Å². The number of hydrogen-bond donors (Lipinski definition) is 3. The number of rotatable bonds is 6. The minimum absolute atomic E-state index is 0.225. The van der Waals surface area contributed by atoms with E-state index in [0.29, 0.717) is 19.4 Å². The second kappa shape index (κ2) is 6.52. The van der Waals surface area contributed by atoms with Crippen molar-refractivity contribution in [2.24, 2.45) is 5.73 Å². The van der Waals surface area contributed by atoms with Gasteiger partial charge in [0.1, 0.15) is 5.54 Å². The molecule has 0 saturated carbocycles. The highest BCUT2D eigenvalue weighted by Crippen LogP contribution is 2.17. The van der Waals surface area contributed by atoms with Gasteiger partial charge in [-0.1, -0.05) is 37.3 Å². The molecule has 1 rings (SSSR count). The van der Waals surface area contributed by atoms with Gasteiger partial charge in [-0.2, -0.15) is 0 Å². The minimum atomic E-state index is -1.04. The Labute approximate surface area is 108 Å². The first-order valence-electron chi connectivity index (χ1n) is 6.29. The molecule has 2 unspecified atom stereocenters. The Kier molecular flexibility index (Phi) is 5.31. The average molecular weight is 250 g/mol. The first-order valence-corrected chi connectivity index (χ1v) is 6.29. The first kappa shape index (κ1) is 14.7. The number of benzene rings is 1. The van der Waals surface area contributed by atoms with Crippen LogP contribution in [0, 0.1) is 0 Å². The fourth-order valence-corrected chi connectivity index (χ4v) is 1.66. The maximum absolute atomic E-state index is 12.0. The topological polar surface area (TPSA) is 75.3 Å². The van der Waals surface area contributed by atoms with E-state index in [1.54, 1.807) is 6.92 Å². The van der Waals surface area contributed by atoms with Crippen molar-refractivity contribution >= 4 is 5.91 Å². The van der Waals surface area contributed by atoms with Gasteiger partial charge in [-0.15, -0.1) is 0 Å². The smallest absolute Gasteiger partial charge is 0.244 e. The SMILES string of the molecule is CCC(O)CCNC(=O)C(C)(N)c1ccccc1. The van der Waals surface area contributed by atoms with Gasteiger partial charge >= 0.3 is 0 Å². The van der Waals surface area contributed by atoms with Crippen molar-refractivity contribution in [2.45, 2.75) is 38.3 Å². The lowest BCUT2D eigenvalue weighted by molar-refractivity contribution is -0.126. The van der Waals surface area contributed by atoms with E-state index in [0.717, 1.165) is 5.56 Å². The summed E-state index contributed by atoms with van der Waals surface area (Å²) in [7, 11) is 0. The van der Waals surface area contributed by atoms with Gasteiger partial charge in [-0.25, -0.2) is 0 Å². The predicted molar refractivity (Wildman–Crippen MR) is 71.9 cm³/mol. The molecular formula is C14H22N2O2. The Morgan fingerprint density at radius 2 is 2.06 bits per heavy atom. The fourth-order valence-electron chi connectivity index (χ4n) is 1.66. The van der Waals surface area contributed by atoms with E-state index in [4.69, 9.17) is 5.73 Å². The van der Waals surface area contributed by atoms with Crippen LogP contribution in [0.3, 0.4) is 0 Å². The normalized spacial score (nSPS) is 15.8. The molecule has 2 atom stereocenters. The van der Waals surface area contributed by atoms with Crippen LogP contribution in [0.1, 0.15) is 32.3 Å². The lowest BCUT2D eigenvalue weighted by Gasteiger charge is -2.24. The van der Waals surface area contributed by atoms with Gasteiger partial charge in [0.2, 0.25) is 5.91 Å². The molecule has 0 bridgehead atoms. The Morgan fingerprint density at radius 1 is 1.44 bits per heavy atom. The number of hydrogen-bond acceptors (Lipinski definition) is 3. The van der Waals surface area contributed by atoms with Gasteiger partial charge < -0.3 is 16.2 Å². The van der Waals surface area contributed by atoms with Gasteiger partial charge in [-0.3, -0.25) is 4.79 Å². The van der Waals surface area contributed by atoms with Crippen LogP contribution < -0.4 is 11.1 Å². The van der Waals surface area contributed by atoms with E-state index in [-0.39, 0.29) is 12.0 Å². The third-order valence-electron chi connectivity index (χ3n) is 3.08. The summed E-state index contributed by atoms with van der Waals surface area (Å²) in [5.41, 5.74) is 5.79. The van der Waals surface area contributed by atoms with Crippen LogP contribution >= 0.6 is 0 Å². The molecule has 4 N–H and O–H groups in total. The van der Waals surface area contributed by atoms with Crippen molar-refractivity contribution in [3.05, 3.63) is 35.9 Å². The molecule has 4 nitrogen and oxygen atoms in total. The van der Waals surface area contributed by atoms with Gasteiger partial charge in [0.05, 0.1) is 6.10 Å². The maximum atomic E-state index is 12.0. The van der Waals surface area contributed by atoms with Gasteiger partial charge in [0.25, 0.3) is 0 Å². The molecule has 0 fully saturated rings. The third-order valence-corrected chi connectivity index (χ3v) is 3.08. The van der Waals surface area contributed by atoms with Crippen LogP contribution in [0.15, 0.2) is 30.3 Å². The molecule has 0 radical (unpaired) electrons. The minimum Gasteiger partial charge on any atom is -0.393 e. The van der Waals surface area contributed by atoms with Gasteiger partial charge in [0, 0.05) is 6.54 Å². The molecule has 1 aromatic carbocycles. The van der Waals surface area contributed by atoms with E-state index in [1.807, 2.05) is 37.3 Å². The van der Waals surface area contributed by atoms with E-state index < -0.39 is 5.54 Å². The fraction of sp³-hybridized carbons (Fsp3) is 0.500. The molecule has 0 saturated heterocycles. The lowest BCUT2D eigenvalue weighted by Crippen LogP contribution is -2.49. The van der Waals surface area contributed by atoms with E-state index in [2.05, 4.69) is 5.32 Å². The quantitative estimate of drug-likeness (QED) is 0.708. The number of amides is 1. The van der Waals surface area contributed by atoms with Crippen LogP contribution in [0.5, 0.6) is 0 Å². The summed E-state index contributed by atoms with van der Waals surface area (Å²) in [5, 5.41) is 12.2. The summed E-state index contributed by atoms with van der Waals surface area (Å²) < 4.78 is 0. The summed E-state index contributed by atoms with van der Waals surface area (Å²) >= 11 is 0. The molecule has 0 aromatic heterocycles. The summed E-state index contributed by atoms with van der Waals surface area (Å²) in [6.07, 6.45) is 0.868. The Balaban J connectivity index is 2.55. The number of carbonyl (C=O) groups excluding carboxylic acids is 1. The first-order chi connectivity index (χ1) is 8.48. The number of nitrogens with one attached hydrogen (secondary N) is 1. The number of nitrogens with two attached hydrogens (primary N) is 1. The van der Waals surface area contributed by atoms with Crippen molar-refractivity contribution < 1.29 is 9.90 Å². The zero-order chi connectivity index (χ0) is 13.6. The third kappa shape index (κ3) is 3.82. The number of aliphatic hydroxyl groups excluding tert-OH is 1. The standard InChI is InChI=1S/C14H22N2O2/c1-3-12(17)9-10-16-13(18)14(2,15)11-7-5-4-6-8-11/h4-8,12,17H,3,9-10,15H2,1-2H3,(H,16,18). The molecule has 0 aliphatic rings. The molecule has 0 heterocycles. The molecule has 1 amide bonds. The summed E-state index contributed by atoms with van der Waals surface area (Å²) in [6.45, 7) is 4.03. The molecule has 0 aliphatic carbocycles. The highest BCUT2D eigenvalue weighted by molar-refractivity contribution is 5.86. The second-order valence-corrected chi connectivity index (χ2v) is 4.68. The summed E-state index contributed by atoms with van der Waals surface area (Å²) in [4.78, 5) is 12.0. The van der Waals surface area contributed by atoms with Crippen molar-refractivity contribution in [3.63, 3.8) is 0 Å². The Morgan fingerprint density at radius 3 is 2.61 bits per heavy atom. The predicted octanol–water partition coefficient (Wildman–Crippen LogP) is 1.14. The van der Waals surface area contributed by atoms with Crippen LogP contribution in [0.2, 0.25) is 0 Å². The Hall–Kier alpha value is -1.39. The molecule has 0 aliphatic heterocycles. The van der Waals surface area contributed by atoms with Gasteiger partial charge in [0.15, 0.2) is 0 Å². The highest BCUT2D eigenvalue weighted by atomic mass is 16.3. The summed E-state index contributed by atoms with van der Waals surface area (Å²) in [6, 6.07) is 9.26. The van der Waals surface area contributed by atoms with Crippen LogP contribution in [0.4, 0.5) is 0 Å². The zero-order valence-electron chi connectivity index (χ0n) is 11.0. The van der Waals surface area contributed by atoms with E-state index in [1.165, 1.54) is 0 Å². The van der Waals surface area contributed by atoms with Gasteiger partial charge in [-0.05, 0) is 25.3 Å². The van der Waals surface area contributed by atoms with Crippen LogP contribution in [-0.4, -0.2) is 23.7 Å². The van der Waals surface area contributed by atoms with Crippen molar-refractivity contribution in [1.82, 2.24) is 5.32 Å². The number of carbonyl (C=O) groups is 1. The lowest BCUT2D eigenvalue weighted by atomic mass is 9.92. The highest BCUT2D eigenvalue weighted by Gasteiger charge is 2.29. The maximum Gasteiger partial charge on any atom is 0.244 e. The summed E-state index contributed by atoms with van der Waals surface area (Å²) in [5.74, 6) is -0.225. The van der Waals surface area contributed by atoms with E-state index in [9.17, 15) is 9.90 Å². The average Bonchev–Trinajstić information content (AvgIpc) is 2.39. The molecule has 1 aromatic rings. The largest absolute Gasteiger partial charge is 0.393 e. The molecule has 4 heteroatoms. The molecule has 100 valence electrons. The van der Waals surface area contributed by atoms with Crippen LogP contribution in [-0.2, 0) is 10.3 Å². The van der Waals surface area contributed by atoms with Crippen LogP contribution in [0.25, 0.3) is 0 Å². The Bertz CT molecular complexity index is 377. The van der Waals surface area contributed by atoms with Crippen molar-refractivity contribution in [3.8, 4) is 0 Å². The zero-order valence-corrected chi connectivity index (χ0v) is 11.0.